The Morgan fingerprint density at radius 2 is 1.77 bits per heavy atom. The molecular formula is C23H24N4O2S. The third kappa shape index (κ3) is 4.21. The van der Waals surface area contributed by atoms with Gasteiger partial charge in [-0.15, -0.1) is 16.4 Å². The first-order valence-electron chi connectivity index (χ1n) is 9.89. The molecule has 0 radical (unpaired) electrons. The van der Waals surface area contributed by atoms with Crippen LogP contribution in [-0.4, -0.2) is 26.6 Å². The Hall–Kier alpha value is -3.19. The summed E-state index contributed by atoms with van der Waals surface area (Å²) in [6.07, 6.45) is -0.673. The van der Waals surface area contributed by atoms with Gasteiger partial charge in [0.25, 0.3) is 11.9 Å². The summed E-state index contributed by atoms with van der Waals surface area (Å²) in [5.41, 5.74) is 4.42. The number of nitrogens with zero attached hydrogens (tertiary/aromatic N) is 3. The highest BCUT2D eigenvalue weighted by atomic mass is 32.1. The molecule has 0 bridgehead atoms. The van der Waals surface area contributed by atoms with Crippen LogP contribution in [0.15, 0.2) is 53.9 Å². The van der Waals surface area contributed by atoms with E-state index in [4.69, 9.17) is 4.74 Å². The summed E-state index contributed by atoms with van der Waals surface area (Å²) < 4.78 is 7.52. The number of anilines is 1. The van der Waals surface area contributed by atoms with E-state index in [0.717, 1.165) is 16.2 Å². The number of carbonyl (C=O) groups is 1. The lowest BCUT2D eigenvalue weighted by molar-refractivity contribution is -0.122. The van der Waals surface area contributed by atoms with Crippen molar-refractivity contribution in [2.45, 2.75) is 39.7 Å². The molecule has 154 valence electrons. The van der Waals surface area contributed by atoms with Gasteiger partial charge >= 0.3 is 0 Å². The minimum absolute atomic E-state index is 0.269. The van der Waals surface area contributed by atoms with Gasteiger partial charge < -0.3 is 4.74 Å². The van der Waals surface area contributed by atoms with Gasteiger partial charge in [0.1, 0.15) is 5.75 Å². The monoisotopic (exact) mass is 420 g/mol. The Morgan fingerprint density at radius 1 is 1.07 bits per heavy atom. The minimum Gasteiger partial charge on any atom is -0.481 e. The van der Waals surface area contributed by atoms with E-state index >= 15 is 0 Å². The van der Waals surface area contributed by atoms with E-state index < -0.39 is 6.10 Å². The molecule has 0 saturated heterocycles. The fraction of sp³-hybridized carbons (Fsp3) is 0.261. The zero-order valence-corrected chi connectivity index (χ0v) is 18.2. The molecule has 1 unspecified atom stereocenters. The topological polar surface area (TPSA) is 68.5 Å². The number of fused-ring (bicyclic) bond motifs is 1. The summed E-state index contributed by atoms with van der Waals surface area (Å²) >= 11 is 1.48. The summed E-state index contributed by atoms with van der Waals surface area (Å²) in [6.45, 7) is 8.04. The van der Waals surface area contributed by atoms with E-state index in [1.807, 2.05) is 29.6 Å². The molecule has 4 rings (SSSR count). The van der Waals surface area contributed by atoms with Crippen LogP contribution in [0.5, 0.6) is 5.75 Å². The Morgan fingerprint density at radius 3 is 2.43 bits per heavy atom. The van der Waals surface area contributed by atoms with Crippen LogP contribution in [0.4, 0.5) is 5.95 Å². The SMILES string of the molecule is Cc1ccc(-c2csc3nc(NC(=O)C(C)Oc4ccc(C(C)C)cc4)nn23)cc1. The van der Waals surface area contributed by atoms with Gasteiger partial charge in [0, 0.05) is 10.9 Å². The predicted molar refractivity (Wildman–Crippen MR) is 120 cm³/mol. The molecule has 0 saturated carbocycles. The summed E-state index contributed by atoms with van der Waals surface area (Å²) in [5, 5.41) is 9.23. The van der Waals surface area contributed by atoms with E-state index in [-0.39, 0.29) is 11.9 Å². The lowest BCUT2D eigenvalue weighted by Gasteiger charge is -2.14. The molecule has 1 N–H and O–H groups in total. The standard InChI is InChI=1S/C23H24N4O2S/c1-14(2)17-9-11-19(12-10-17)29-16(4)21(28)24-22-25-23-27(26-22)20(13-30-23)18-7-5-15(3)6-8-18/h5-14,16H,1-4H3,(H,24,26,28). The van der Waals surface area contributed by atoms with Gasteiger partial charge in [0.2, 0.25) is 4.96 Å². The lowest BCUT2D eigenvalue weighted by atomic mass is 10.0. The molecule has 4 aromatic rings. The predicted octanol–water partition coefficient (Wildman–Crippen LogP) is 5.30. The van der Waals surface area contributed by atoms with Crippen molar-refractivity contribution < 1.29 is 9.53 Å². The van der Waals surface area contributed by atoms with Crippen LogP contribution in [0.25, 0.3) is 16.2 Å². The number of carbonyl (C=O) groups excluding carboxylic acids is 1. The van der Waals surface area contributed by atoms with Crippen molar-refractivity contribution in [2.75, 3.05) is 5.32 Å². The van der Waals surface area contributed by atoms with Crippen molar-refractivity contribution in [1.82, 2.24) is 14.6 Å². The van der Waals surface area contributed by atoms with Crippen LogP contribution < -0.4 is 10.1 Å². The zero-order chi connectivity index (χ0) is 21.3. The molecule has 7 heteroatoms. The van der Waals surface area contributed by atoms with Crippen LogP contribution in [0.3, 0.4) is 0 Å². The minimum atomic E-state index is -0.673. The van der Waals surface area contributed by atoms with Crippen molar-refractivity contribution in [2.24, 2.45) is 0 Å². The summed E-state index contributed by atoms with van der Waals surface area (Å²) in [4.78, 5) is 17.7. The second-order valence-electron chi connectivity index (χ2n) is 7.59. The maximum atomic E-state index is 12.6. The highest BCUT2D eigenvalue weighted by molar-refractivity contribution is 7.15. The summed E-state index contributed by atoms with van der Waals surface area (Å²) in [6, 6.07) is 16.0. The maximum Gasteiger partial charge on any atom is 0.267 e. The van der Waals surface area contributed by atoms with Crippen molar-refractivity contribution in [3.05, 3.63) is 65.0 Å². The number of hydrogen-bond acceptors (Lipinski definition) is 5. The molecule has 30 heavy (non-hydrogen) atoms. The molecule has 0 aliphatic rings. The van der Waals surface area contributed by atoms with E-state index in [9.17, 15) is 4.79 Å². The molecule has 2 aromatic carbocycles. The molecular weight excluding hydrogens is 396 g/mol. The average molecular weight is 421 g/mol. The van der Waals surface area contributed by atoms with Crippen molar-refractivity contribution in [3.63, 3.8) is 0 Å². The van der Waals surface area contributed by atoms with Gasteiger partial charge in [-0.05, 0) is 37.5 Å². The number of amides is 1. The van der Waals surface area contributed by atoms with E-state index in [0.29, 0.717) is 11.7 Å². The molecule has 0 aliphatic heterocycles. The van der Waals surface area contributed by atoms with E-state index in [1.165, 1.54) is 22.5 Å². The Labute approximate surface area is 179 Å². The first-order valence-corrected chi connectivity index (χ1v) is 10.8. The fourth-order valence-corrected chi connectivity index (χ4v) is 3.89. The quantitative estimate of drug-likeness (QED) is 0.460. The number of hydrogen-bond donors (Lipinski definition) is 1. The maximum absolute atomic E-state index is 12.6. The number of benzene rings is 2. The molecule has 1 atom stereocenters. The van der Waals surface area contributed by atoms with Gasteiger partial charge in [-0.1, -0.05) is 55.8 Å². The highest BCUT2D eigenvalue weighted by Gasteiger charge is 2.18. The Kier molecular flexibility index (Phi) is 5.55. The normalized spacial score (nSPS) is 12.3. The molecule has 2 heterocycles. The third-order valence-corrected chi connectivity index (χ3v) is 5.71. The van der Waals surface area contributed by atoms with Crippen LogP contribution in [0, 0.1) is 6.92 Å². The fourth-order valence-electron chi connectivity index (χ4n) is 3.06. The molecule has 1 amide bonds. The smallest absolute Gasteiger partial charge is 0.267 e. The van der Waals surface area contributed by atoms with Crippen molar-refractivity contribution in [3.8, 4) is 17.0 Å². The largest absolute Gasteiger partial charge is 0.481 e. The Balaban J connectivity index is 1.45. The van der Waals surface area contributed by atoms with Gasteiger partial charge in [0.05, 0.1) is 5.69 Å². The van der Waals surface area contributed by atoms with E-state index in [2.05, 4.69) is 60.4 Å². The molecule has 6 nitrogen and oxygen atoms in total. The van der Waals surface area contributed by atoms with E-state index in [1.54, 1.807) is 11.4 Å². The van der Waals surface area contributed by atoms with Gasteiger partial charge in [0.15, 0.2) is 6.10 Å². The van der Waals surface area contributed by atoms with Crippen molar-refractivity contribution >= 4 is 28.2 Å². The second-order valence-corrected chi connectivity index (χ2v) is 8.43. The second kappa shape index (κ2) is 8.28. The van der Waals surface area contributed by atoms with Gasteiger partial charge in [-0.3, -0.25) is 10.1 Å². The van der Waals surface area contributed by atoms with Crippen LogP contribution >= 0.6 is 11.3 Å². The number of nitrogens with one attached hydrogen (secondary N) is 1. The number of ether oxygens (including phenoxy) is 1. The molecule has 2 aromatic heterocycles. The summed E-state index contributed by atoms with van der Waals surface area (Å²) in [7, 11) is 0. The first kappa shape index (κ1) is 20.1. The van der Waals surface area contributed by atoms with Gasteiger partial charge in [-0.2, -0.15) is 4.98 Å². The van der Waals surface area contributed by atoms with Crippen molar-refractivity contribution in [1.29, 1.82) is 0 Å². The molecule has 0 aliphatic carbocycles. The van der Waals surface area contributed by atoms with Crippen LogP contribution in [-0.2, 0) is 4.79 Å². The third-order valence-electron chi connectivity index (χ3n) is 4.89. The lowest BCUT2D eigenvalue weighted by Crippen LogP contribution is -2.30. The summed E-state index contributed by atoms with van der Waals surface area (Å²) in [5.74, 6) is 1.08. The zero-order valence-electron chi connectivity index (χ0n) is 17.4. The number of aromatic nitrogens is 3. The Bertz CT molecular complexity index is 1160. The van der Waals surface area contributed by atoms with Crippen LogP contribution in [0.2, 0.25) is 0 Å². The average Bonchev–Trinajstić information content (AvgIpc) is 3.29. The first-order chi connectivity index (χ1) is 14.4. The highest BCUT2D eigenvalue weighted by Crippen LogP contribution is 2.26. The van der Waals surface area contributed by atoms with Crippen LogP contribution in [0.1, 0.15) is 37.8 Å². The number of aryl methyl sites for hydroxylation is 1. The van der Waals surface area contributed by atoms with Gasteiger partial charge in [-0.25, -0.2) is 4.52 Å². The molecule has 0 spiro atoms. The number of thiazole rings is 1. The number of rotatable bonds is 6. The molecule has 0 fully saturated rings.